The van der Waals surface area contributed by atoms with Gasteiger partial charge in [-0.3, -0.25) is 14.8 Å². The van der Waals surface area contributed by atoms with Crippen molar-refractivity contribution in [3.8, 4) is 11.3 Å². The van der Waals surface area contributed by atoms with Gasteiger partial charge in [0.2, 0.25) is 0 Å². The molecule has 0 bridgehead atoms. The standard InChI is InChI=1S/C17H19FN4O2/c1-21-6-7-24-16-10-22(9-15(16)21)17(23)14-8-13(19-20-14)11-2-4-12(18)5-3-11/h2-5,8,15-16H,6-7,9-10H2,1H3,(H,19,20)/t15-,16+/m0/s1. The first kappa shape index (κ1) is 15.3. The van der Waals surface area contributed by atoms with Crippen molar-refractivity contribution in [1.29, 1.82) is 0 Å². The van der Waals surface area contributed by atoms with Crippen LogP contribution in [0, 0.1) is 5.82 Å². The molecule has 2 fully saturated rings. The molecule has 1 amide bonds. The van der Waals surface area contributed by atoms with Crippen molar-refractivity contribution >= 4 is 5.91 Å². The first-order chi connectivity index (χ1) is 11.6. The first-order valence-corrected chi connectivity index (χ1v) is 8.04. The Morgan fingerprint density at radius 3 is 2.88 bits per heavy atom. The Balaban J connectivity index is 1.50. The summed E-state index contributed by atoms with van der Waals surface area (Å²) in [6.07, 6.45) is 0.0761. The largest absolute Gasteiger partial charge is 0.373 e. The van der Waals surface area contributed by atoms with Crippen LogP contribution < -0.4 is 0 Å². The molecule has 0 radical (unpaired) electrons. The number of hydrogen-bond donors (Lipinski definition) is 1. The molecule has 1 N–H and O–H groups in total. The third kappa shape index (κ3) is 2.70. The summed E-state index contributed by atoms with van der Waals surface area (Å²) >= 11 is 0. The van der Waals surface area contributed by atoms with Crippen LogP contribution in [0.1, 0.15) is 10.5 Å². The van der Waals surface area contributed by atoms with E-state index in [0.717, 1.165) is 12.1 Å². The number of aromatic nitrogens is 2. The maximum Gasteiger partial charge on any atom is 0.272 e. The molecule has 24 heavy (non-hydrogen) atoms. The third-order valence-electron chi connectivity index (χ3n) is 4.81. The molecule has 7 heteroatoms. The fourth-order valence-electron chi connectivity index (χ4n) is 3.39. The van der Waals surface area contributed by atoms with Crippen molar-refractivity contribution in [2.75, 3.05) is 33.3 Å². The number of carbonyl (C=O) groups excluding carboxylic acids is 1. The highest BCUT2D eigenvalue weighted by atomic mass is 19.1. The average Bonchev–Trinajstić information content (AvgIpc) is 3.23. The average molecular weight is 330 g/mol. The Morgan fingerprint density at radius 2 is 2.12 bits per heavy atom. The van der Waals surface area contributed by atoms with Crippen LogP contribution in [0.15, 0.2) is 30.3 Å². The van der Waals surface area contributed by atoms with Crippen LogP contribution >= 0.6 is 0 Å². The Kier molecular flexibility index (Phi) is 3.82. The number of aromatic amines is 1. The number of hydrogen-bond acceptors (Lipinski definition) is 4. The fourth-order valence-corrected chi connectivity index (χ4v) is 3.39. The summed E-state index contributed by atoms with van der Waals surface area (Å²) in [6.45, 7) is 2.85. The molecule has 4 rings (SSSR count). The van der Waals surface area contributed by atoms with Crippen LogP contribution in [0.25, 0.3) is 11.3 Å². The van der Waals surface area contributed by atoms with Crippen LogP contribution in [0.2, 0.25) is 0 Å². The second-order valence-corrected chi connectivity index (χ2v) is 6.34. The van der Waals surface area contributed by atoms with E-state index >= 15 is 0 Å². The fraction of sp³-hybridized carbons (Fsp3) is 0.412. The summed E-state index contributed by atoms with van der Waals surface area (Å²) < 4.78 is 18.8. The van der Waals surface area contributed by atoms with E-state index < -0.39 is 0 Å². The summed E-state index contributed by atoms with van der Waals surface area (Å²) in [5.74, 6) is -0.378. The molecule has 0 spiro atoms. The number of halogens is 1. The van der Waals surface area contributed by atoms with Crippen molar-refractivity contribution in [2.24, 2.45) is 0 Å². The van der Waals surface area contributed by atoms with Crippen molar-refractivity contribution < 1.29 is 13.9 Å². The Hall–Kier alpha value is -2.25. The number of H-pyrrole nitrogens is 1. The van der Waals surface area contributed by atoms with Crippen molar-refractivity contribution in [1.82, 2.24) is 20.0 Å². The van der Waals surface area contributed by atoms with E-state index in [-0.39, 0.29) is 23.9 Å². The minimum Gasteiger partial charge on any atom is -0.373 e. The van der Waals surface area contributed by atoms with Gasteiger partial charge in [-0.2, -0.15) is 5.10 Å². The zero-order valence-electron chi connectivity index (χ0n) is 13.4. The maximum absolute atomic E-state index is 13.0. The van der Waals surface area contributed by atoms with Gasteiger partial charge in [0.15, 0.2) is 0 Å². The molecule has 6 nitrogen and oxygen atoms in total. The topological polar surface area (TPSA) is 61.5 Å². The van der Waals surface area contributed by atoms with Crippen molar-refractivity contribution in [3.63, 3.8) is 0 Å². The van der Waals surface area contributed by atoms with Crippen LogP contribution in [0.3, 0.4) is 0 Å². The van der Waals surface area contributed by atoms with Gasteiger partial charge in [0.25, 0.3) is 5.91 Å². The molecule has 2 aromatic rings. The van der Waals surface area contributed by atoms with Crippen molar-refractivity contribution in [3.05, 3.63) is 41.8 Å². The smallest absolute Gasteiger partial charge is 0.272 e. The number of likely N-dealkylation sites (tertiary alicyclic amines) is 1. The van der Waals surface area contributed by atoms with E-state index in [4.69, 9.17) is 4.74 Å². The SMILES string of the molecule is CN1CCO[C@@H]2CN(C(=O)c3cc(-c4ccc(F)cc4)n[nH]3)C[C@@H]21. The van der Waals surface area contributed by atoms with Gasteiger partial charge in [-0.05, 0) is 37.4 Å². The lowest BCUT2D eigenvalue weighted by Gasteiger charge is -2.33. The predicted octanol–water partition coefficient (Wildman–Crippen LogP) is 1.37. The molecular weight excluding hydrogens is 311 g/mol. The molecule has 0 saturated carbocycles. The molecule has 3 heterocycles. The van der Waals surface area contributed by atoms with Gasteiger partial charge in [0.1, 0.15) is 11.5 Å². The van der Waals surface area contributed by atoms with Gasteiger partial charge in [0.05, 0.1) is 24.4 Å². The van der Waals surface area contributed by atoms with Crippen LogP contribution in [0.4, 0.5) is 4.39 Å². The number of carbonyl (C=O) groups is 1. The second kappa shape index (κ2) is 5.99. The number of rotatable bonds is 2. The molecule has 0 unspecified atom stereocenters. The third-order valence-corrected chi connectivity index (χ3v) is 4.81. The molecule has 2 saturated heterocycles. The summed E-state index contributed by atoms with van der Waals surface area (Å²) in [6, 6.07) is 8.01. The summed E-state index contributed by atoms with van der Waals surface area (Å²) in [7, 11) is 2.07. The van der Waals surface area contributed by atoms with E-state index in [1.54, 1.807) is 23.1 Å². The van der Waals surface area contributed by atoms with Gasteiger partial charge in [-0.25, -0.2) is 4.39 Å². The monoisotopic (exact) mass is 330 g/mol. The summed E-state index contributed by atoms with van der Waals surface area (Å²) in [4.78, 5) is 16.8. The van der Waals surface area contributed by atoms with Gasteiger partial charge in [-0.15, -0.1) is 0 Å². The predicted molar refractivity (Wildman–Crippen MR) is 86.0 cm³/mol. The first-order valence-electron chi connectivity index (χ1n) is 8.04. The number of nitrogens with zero attached hydrogens (tertiary/aromatic N) is 3. The quantitative estimate of drug-likeness (QED) is 0.903. The summed E-state index contributed by atoms with van der Waals surface area (Å²) in [5.41, 5.74) is 1.84. The zero-order valence-corrected chi connectivity index (χ0v) is 13.4. The number of likely N-dealkylation sites (N-methyl/N-ethyl adjacent to an activating group) is 1. The van der Waals surface area contributed by atoms with Crippen LogP contribution in [0.5, 0.6) is 0 Å². The molecule has 2 atom stereocenters. The van der Waals surface area contributed by atoms with E-state index in [1.807, 2.05) is 0 Å². The van der Waals surface area contributed by atoms with Gasteiger partial charge in [-0.1, -0.05) is 0 Å². The number of amides is 1. The number of morpholine rings is 1. The molecular formula is C17H19FN4O2. The van der Waals surface area contributed by atoms with Crippen LogP contribution in [-0.2, 0) is 4.74 Å². The normalized spacial score (nSPS) is 24.2. The highest BCUT2D eigenvalue weighted by Gasteiger charge is 2.40. The highest BCUT2D eigenvalue weighted by molar-refractivity contribution is 5.93. The second-order valence-electron chi connectivity index (χ2n) is 6.34. The van der Waals surface area contributed by atoms with Gasteiger partial charge in [0, 0.05) is 25.2 Å². The number of fused-ring (bicyclic) bond motifs is 1. The van der Waals surface area contributed by atoms with E-state index in [9.17, 15) is 9.18 Å². The van der Waals surface area contributed by atoms with Gasteiger partial charge < -0.3 is 9.64 Å². The molecule has 0 aliphatic carbocycles. The maximum atomic E-state index is 13.0. The minimum atomic E-state index is -0.297. The summed E-state index contributed by atoms with van der Waals surface area (Å²) in [5, 5.41) is 6.98. The van der Waals surface area contributed by atoms with E-state index in [1.165, 1.54) is 12.1 Å². The number of ether oxygens (including phenoxy) is 1. The lowest BCUT2D eigenvalue weighted by Crippen LogP contribution is -2.48. The highest BCUT2D eigenvalue weighted by Crippen LogP contribution is 2.24. The lowest BCUT2D eigenvalue weighted by molar-refractivity contribution is -0.0368. The van der Waals surface area contributed by atoms with E-state index in [0.29, 0.717) is 31.1 Å². The lowest BCUT2D eigenvalue weighted by atomic mass is 10.1. The molecule has 2 aliphatic rings. The zero-order chi connectivity index (χ0) is 16.7. The molecule has 1 aromatic carbocycles. The molecule has 1 aromatic heterocycles. The van der Waals surface area contributed by atoms with Crippen molar-refractivity contribution in [2.45, 2.75) is 12.1 Å². The van der Waals surface area contributed by atoms with E-state index in [2.05, 4.69) is 22.1 Å². The minimum absolute atomic E-state index is 0.0761. The number of benzene rings is 1. The molecule has 126 valence electrons. The Morgan fingerprint density at radius 1 is 1.33 bits per heavy atom. The number of nitrogens with one attached hydrogen (secondary N) is 1. The Labute approximate surface area is 139 Å². The molecule has 2 aliphatic heterocycles. The van der Waals surface area contributed by atoms with Crippen LogP contribution in [-0.4, -0.2) is 71.3 Å². The Bertz CT molecular complexity index is 745. The van der Waals surface area contributed by atoms with Gasteiger partial charge >= 0.3 is 0 Å².